The third-order valence-corrected chi connectivity index (χ3v) is 2.70. The van der Waals surface area contributed by atoms with Gasteiger partial charge in [0.15, 0.2) is 0 Å². The van der Waals surface area contributed by atoms with Crippen molar-refractivity contribution in [3.63, 3.8) is 0 Å². The van der Waals surface area contributed by atoms with E-state index in [1.807, 2.05) is 0 Å². The van der Waals surface area contributed by atoms with Crippen molar-refractivity contribution in [2.24, 2.45) is 0 Å². The third-order valence-electron chi connectivity index (χ3n) is 2.70. The van der Waals surface area contributed by atoms with E-state index in [0.717, 1.165) is 0 Å². The van der Waals surface area contributed by atoms with Gasteiger partial charge in [-0.3, -0.25) is 9.59 Å². The number of hydrogen-bond acceptors (Lipinski definition) is 3. The smallest absolute Gasteiger partial charge is 0.303 e. The van der Waals surface area contributed by atoms with E-state index in [0.29, 0.717) is 12.8 Å². The second kappa shape index (κ2) is 6.72. The molecule has 1 rings (SSSR count). The molecule has 1 aromatic rings. The van der Waals surface area contributed by atoms with Gasteiger partial charge in [-0.05, 0) is 31.9 Å². The topological polar surface area (TPSA) is 92.4 Å². The predicted molar refractivity (Wildman–Crippen MR) is 69.2 cm³/mol. The number of para-hydroxylation sites is 1. The summed E-state index contributed by atoms with van der Waals surface area (Å²) in [5, 5.41) is 11.2. The Morgan fingerprint density at radius 3 is 2.79 bits per heavy atom. The van der Waals surface area contributed by atoms with Crippen LogP contribution in [0.25, 0.3) is 0 Å². The van der Waals surface area contributed by atoms with Crippen molar-refractivity contribution in [2.75, 3.05) is 5.73 Å². The summed E-state index contributed by atoms with van der Waals surface area (Å²) in [5.41, 5.74) is 5.39. The van der Waals surface area contributed by atoms with Gasteiger partial charge in [-0.1, -0.05) is 6.07 Å². The molecular weight excluding hydrogens is 251 g/mol. The second-order valence-electron chi connectivity index (χ2n) is 4.36. The van der Waals surface area contributed by atoms with Crippen LogP contribution in [-0.2, 0) is 4.79 Å². The van der Waals surface area contributed by atoms with Gasteiger partial charge < -0.3 is 16.2 Å². The van der Waals surface area contributed by atoms with E-state index >= 15 is 0 Å². The first-order valence-corrected chi connectivity index (χ1v) is 5.98. The number of nitrogen functional groups attached to an aromatic ring is 1. The van der Waals surface area contributed by atoms with Gasteiger partial charge >= 0.3 is 5.97 Å². The number of anilines is 1. The maximum absolute atomic E-state index is 13.2. The average molecular weight is 268 g/mol. The number of carboxylic acid groups (broad SMARTS) is 1. The van der Waals surface area contributed by atoms with Crippen LogP contribution in [0.15, 0.2) is 18.2 Å². The summed E-state index contributed by atoms with van der Waals surface area (Å²) in [7, 11) is 0. The van der Waals surface area contributed by atoms with Crippen molar-refractivity contribution in [1.82, 2.24) is 5.32 Å². The molecule has 0 saturated heterocycles. The third kappa shape index (κ3) is 4.57. The highest BCUT2D eigenvalue weighted by atomic mass is 19.1. The molecule has 1 aromatic carbocycles. The lowest BCUT2D eigenvalue weighted by molar-refractivity contribution is -0.137. The fourth-order valence-corrected chi connectivity index (χ4v) is 1.67. The molecule has 1 atom stereocenters. The summed E-state index contributed by atoms with van der Waals surface area (Å²) in [6.45, 7) is 1.76. The minimum absolute atomic E-state index is 0.0579. The lowest BCUT2D eigenvalue weighted by atomic mass is 10.1. The van der Waals surface area contributed by atoms with Crippen LogP contribution in [0, 0.1) is 5.82 Å². The van der Waals surface area contributed by atoms with Crippen LogP contribution in [0.5, 0.6) is 0 Å². The van der Waals surface area contributed by atoms with Crippen LogP contribution in [0.1, 0.15) is 36.5 Å². The van der Waals surface area contributed by atoms with Gasteiger partial charge in [0.25, 0.3) is 5.91 Å². The molecule has 0 spiro atoms. The van der Waals surface area contributed by atoms with Gasteiger partial charge in [-0.2, -0.15) is 0 Å². The van der Waals surface area contributed by atoms with Crippen molar-refractivity contribution in [2.45, 2.75) is 32.2 Å². The number of nitrogens with two attached hydrogens (primary N) is 1. The fraction of sp³-hybridized carbons (Fsp3) is 0.385. The highest BCUT2D eigenvalue weighted by molar-refractivity contribution is 5.99. The quantitative estimate of drug-likeness (QED) is 0.686. The van der Waals surface area contributed by atoms with Gasteiger partial charge in [0, 0.05) is 12.5 Å². The molecule has 1 amide bonds. The van der Waals surface area contributed by atoms with Crippen molar-refractivity contribution in [1.29, 1.82) is 0 Å². The predicted octanol–water partition coefficient (Wildman–Crippen LogP) is 1.78. The van der Waals surface area contributed by atoms with Crippen molar-refractivity contribution in [3.05, 3.63) is 29.6 Å². The zero-order valence-electron chi connectivity index (χ0n) is 10.6. The van der Waals surface area contributed by atoms with Crippen LogP contribution < -0.4 is 11.1 Å². The molecular formula is C13H17FN2O3. The summed E-state index contributed by atoms with van der Waals surface area (Å²) in [6, 6.07) is 3.84. The Kier molecular flexibility index (Phi) is 5.29. The van der Waals surface area contributed by atoms with Crippen LogP contribution in [0.2, 0.25) is 0 Å². The monoisotopic (exact) mass is 268 g/mol. The number of carboxylic acids is 1. The molecule has 0 radical (unpaired) electrons. The molecule has 104 valence electrons. The molecule has 1 unspecified atom stereocenters. The van der Waals surface area contributed by atoms with Crippen molar-refractivity contribution >= 4 is 17.6 Å². The number of rotatable bonds is 6. The molecule has 0 heterocycles. The average Bonchev–Trinajstić information content (AvgIpc) is 2.31. The number of benzene rings is 1. The van der Waals surface area contributed by atoms with Crippen LogP contribution in [0.3, 0.4) is 0 Å². The summed E-state index contributed by atoms with van der Waals surface area (Å²) in [5.74, 6) is -1.96. The summed E-state index contributed by atoms with van der Waals surface area (Å²) in [4.78, 5) is 22.2. The van der Waals surface area contributed by atoms with E-state index in [2.05, 4.69) is 5.32 Å². The number of hydrogen-bond donors (Lipinski definition) is 3. The first-order valence-electron chi connectivity index (χ1n) is 5.98. The molecule has 5 nitrogen and oxygen atoms in total. The van der Waals surface area contributed by atoms with E-state index in [1.165, 1.54) is 18.2 Å². The molecule has 0 aliphatic rings. The molecule has 0 saturated carbocycles. The highest BCUT2D eigenvalue weighted by Crippen LogP contribution is 2.16. The Morgan fingerprint density at radius 1 is 1.47 bits per heavy atom. The molecule has 4 N–H and O–H groups in total. The number of nitrogens with one attached hydrogen (secondary N) is 1. The number of carbonyl (C=O) groups is 2. The summed E-state index contributed by atoms with van der Waals surface area (Å²) < 4.78 is 13.2. The Hall–Kier alpha value is -2.11. The Morgan fingerprint density at radius 2 is 2.16 bits per heavy atom. The standard InChI is InChI=1S/C13H17FN2O3/c1-8(4-2-7-11(17)18)16-13(19)9-5-3-6-10(14)12(9)15/h3,5-6,8H,2,4,7,15H2,1H3,(H,16,19)(H,17,18). The van der Waals surface area contributed by atoms with Crippen molar-refractivity contribution in [3.8, 4) is 0 Å². The van der Waals surface area contributed by atoms with E-state index in [4.69, 9.17) is 10.8 Å². The SMILES string of the molecule is CC(CCCC(=O)O)NC(=O)c1cccc(F)c1N. The van der Waals surface area contributed by atoms with Gasteiger partial charge in [0.05, 0.1) is 11.3 Å². The number of amides is 1. The Labute approximate surface area is 110 Å². The minimum atomic E-state index is -0.868. The number of halogens is 1. The van der Waals surface area contributed by atoms with Crippen LogP contribution in [-0.4, -0.2) is 23.0 Å². The van der Waals surface area contributed by atoms with E-state index in [9.17, 15) is 14.0 Å². The van der Waals surface area contributed by atoms with E-state index in [-0.39, 0.29) is 23.7 Å². The fourth-order valence-electron chi connectivity index (χ4n) is 1.67. The van der Waals surface area contributed by atoms with E-state index in [1.54, 1.807) is 6.92 Å². The normalized spacial score (nSPS) is 11.9. The number of carbonyl (C=O) groups excluding carboxylic acids is 1. The maximum atomic E-state index is 13.2. The zero-order valence-corrected chi connectivity index (χ0v) is 10.6. The molecule has 0 aliphatic carbocycles. The lowest BCUT2D eigenvalue weighted by Gasteiger charge is -2.14. The minimum Gasteiger partial charge on any atom is -0.481 e. The summed E-state index contributed by atoms with van der Waals surface area (Å²) >= 11 is 0. The number of aliphatic carboxylic acids is 1. The van der Waals surface area contributed by atoms with Gasteiger partial charge in [-0.15, -0.1) is 0 Å². The van der Waals surface area contributed by atoms with Gasteiger partial charge in [0.2, 0.25) is 0 Å². The van der Waals surface area contributed by atoms with Gasteiger partial charge in [0.1, 0.15) is 5.82 Å². The summed E-state index contributed by atoms with van der Waals surface area (Å²) in [6.07, 6.45) is 1.06. The van der Waals surface area contributed by atoms with E-state index < -0.39 is 17.7 Å². The van der Waals surface area contributed by atoms with Gasteiger partial charge in [-0.25, -0.2) is 4.39 Å². The first-order chi connectivity index (χ1) is 8.91. The molecule has 0 aliphatic heterocycles. The molecule has 0 aromatic heterocycles. The Balaban J connectivity index is 2.54. The second-order valence-corrected chi connectivity index (χ2v) is 4.36. The maximum Gasteiger partial charge on any atom is 0.303 e. The largest absolute Gasteiger partial charge is 0.481 e. The zero-order chi connectivity index (χ0) is 14.4. The lowest BCUT2D eigenvalue weighted by Crippen LogP contribution is -2.33. The Bertz CT molecular complexity index is 477. The van der Waals surface area contributed by atoms with Crippen LogP contribution >= 0.6 is 0 Å². The molecule has 0 bridgehead atoms. The first kappa shape index (κ1) is 14.9. The van der Waals surface area contributed by atoms with Crippen LogP contribution in [0.4, 0.5) is 10.1 Å². The van der Waals surface area contributed by atoms with Crippen molar-refractivity contribution < 1.29 is 19.1 Å². The molecule has 0 fully saturated rings. The molecule has 6 heteroatoms. The highest BCUT2D eigenvalue weighted by Gasteiger charge is 2.14. The molecule has 19 heavy (non-hydrogen) atoms.